The van der Waals surface area contributed by atoms with Gasteiger partial charge in [-0.05, 0) is 49.9 Å². The van der Waals surface area contributed by atoms with Crippen molar-refractivity contribution < 1.29 is 18.5 Å². The molecule has 0 aliphatic heterocycles. The average Bonchev–Trinajstić information content (AvgIpc) is 3.19. The lowest BCUT2D eigenvalue weighted by Crippen LogP contribution is -2.30. The summed E-state index contributed by atoms with van der Waals surface area (Å²) < 4.78 is 10.7. The number of carbonyl (C=O) groups is 2. The zero-order valence-electron chi connectivity index (χ0n) is 16.3. The number of amides is 2. The van der Waals surface area contributed by atoms with Crippen LogP contribution in [0.1, 0.15) is 50.8 Å². The second-order valence-corrected chi connectivity index (χ2v) is 7.44. The Morgan fingerprint density at radius 3 is 2.59 bits per heavy atom. The number of hydrogen-bond donors (Lipinski definition) is 1. The second kappa shape index (κ2) is 8.34. The van der Waals surface area contributed by atoms with Crippen LogP contribution in [0.3, 0.4) is 0 Å². The molecule has 0 unspecified atom stereocenters. The van der Waals surface area contributed by atoms with Gasteiger partial charge < -0.3 is 19.2 Å². The molecule has 0 radical (unpaired) electrons. The predicted molar refractivity (Wildman–Crippen MR) is 105 cm³/mol. The van der Waals surface area contributed by atoms with Crippen LogP contribution < -0.4 is 5.32 Å². The van der Waals surface area contributed by atoms with Gasteiger partial charge in [0, 0.05) is 18.2 Å². The van der Waals surface area contributed by atoms with Crippen LogP contribution >= 0.6 is 0 Å². The molecule has 2 aromatic heterocycles. The minimum atomic E-state index is -0.255. The van der Waals surface area contributed by atoms with Gasteiger partial charge in [-0.1, -0.05) is 22.9 Å². The van der Waals surface area contributed by atoms with Gasteiger partial charge >= 0.3 is 0 Å². The van der Waals surface area contributed by atoms with Gasteiger partial charge in [-0.15, -0.1) is 0 Å². The molecule has 0 atom stereocenters. The predicted octanol–water partition coefficient (Wildman–Crippen LogP) is 3.56. The molecule has 7 heteroatoms. The molecule has 2 amide bonds. The Kier molecular flexibility index (Phi) is 5.46. The summed E-state index contributed by atoms with van der Waals surface area (Å²) in [7, 11) is 0. The third-order valence-electron chi connectivity index (χ3n) is 4.90. The van der Waals surface area contributed by atoms with Crippen LogP contribution in [0.25, 0.3) is 0 Å². The summed E-state index contributed by atoms with van der Waals surface area (Å²) in [6.45, 7) is 3.09. The van der Waals surface area contributed by atoms with Crippen molar-refractivity contribution in [3.8, 4) is 0 Å². The van der Waals surface area contributed by atoms with Gasteiger partial charge in [0.2, 0.25) is 0 Å². The van der Waals surface area contributed by atoms with Gasteiger partial charge in [-0.25, -0.2) is 0 Å². The summed E-state index contributed by atoms with van der Waals surface area (Å²) in [6, 6.07) is 12.6. The van der Waals surface area contributed by atoms with Gasteiger partial charge in [0.05, 0.1) is 19.4 Å². The van der Waals surface area contributed by atoms with E-state index in [-0.39, 0.29) is 30.6 Å². The normalized spacial score (nSPS) is 13.3. The van der Waals surface area contributed by atoms with E-state index in [0.717, 1.165) is 18.4 Å². The third kappa shape index (κ3) is 4.93. The van der Waals surface area contributed by atoms with Crippen molar-refractivity contribution in [1.29, 1.82) is 0 Å². The lowest BCUT2D eigenvalue weighted by atomic mass is 10.1. The third-order valence-corrected chi connectivity index (χ3v) is 4.90. The van der Waals surface area contributed by atoms with E-state index in [0.29, 0.717) is 29.5 Å². The number of nitrogens with zero attached hydrogens (tertiary/aromatic N) is 2. The number of furan rings is 1. The van der Waals surface area contributed by atoms with Gasteiger partial charge in [0.25, 0.3) is 11.8 Å². The molecule has 3 aromatic rings. The van der Waals surface area contributed by atoms with Crippen LogP contribution in [0.2, 0.25) is 0 Å². The highest BCUT2D eigenvalue weighted by Gasteiger charge is 2.24. The summed E-state index contributed by atoms with van der Waals surface area (Å²) >= 11 is 0. The first-order valence-corrected chi connectivity index (χ1v) is 9.70. The van der Waals surface area contributed by atoms with E-state index in [1.807, 2.05) is 25.1 Å². The zero-order valence-corrected chi connectivity index (χ0v) is 16.3. The molecule has 1 N–H and O–H groups in total. The summed E-state index contributed by atoms with van der Waals surface area (Å²) in [5, 5.41) is 6.72. The molecular formula is C22H23N3O4. The molecule has 0 spiro atoms. The Balaban J connectivity index is 1.48. The topological polar surface area (TPSA) is 88.6 Å². The Bertz CT molecular complexity index is 972. The monoisotopic (exact) mass is 393 g/mol. The first kappa shape index (κ1) is 19.0. The van der Waals surface area contributed by atoms with E-state index in [1.54, 1.807) is 35.4 Å². The van der Waals surface area contributed by atoms with Gasteiger partial charge in [0.1, 0.15) is 5.76 Å². The molecule has 150 valence electrons. The van der Waals surface area contributed by atoms with E-state index < -0.39 is 0 Å². The molecule has 1 fully saturated rings. The number of aryl methyl sites for hydroxylation is 1. The smallest absolute Gasteiger partial charge is 0.273 e. The van der Waals surface area contributed by atoms with Crippen molar-refractivity contribution in [2.75, 3.05) is 6.54 Å². The summed E-state index contributed by atoms with van der Waals surface area (Å²) in [6.07, 6.45) is 3.89. The Morgan fingerprint density at radius 2 is 1.90 bits per heavy atom. The minimum Gasteiger partial charge on any atom is -0.467 e. The summed E-state index contributed by atoms with van der Waals surface area (Å²) in [5.74, 6) is 1.27. The minimum absolute atomic E-state index is 0.155. The summed E-state index contributed by atoms with van der Waals surface area (Å²) in [5.41, 5.74) is 1.88. The molecule has 2 heterocycles. The second-order valence-electron chi connectivity index (χ2n) is 7.44. The van der Waals surface area contributed by atoms with Crippen molar-refractivity contribution in [2.45, 2.75) is 32.9 Å². The molecule has 1 aromatic carbocycles. The number of benzene rings is 1. The summed E-state index contributed by atoms with van der Waals surface area (Å²) in [4.78, 5) is 26.9. The van der Waals surface area contributed by atoms with E-state index >= 15 is 0 Å². The van der Waals surface area contributed by atoms with Crippen molar-refractivity contribution >= 4 is 11.8 Å². The van der Waals surface area contributed by atoms with Gasteiger partial charge in [0.15, 0.2) is 11.5 Å². The van der Waals surface area contributed by atoms with E-state index in [2.05, 4.69) is 10.5 Å². The van der Waals surface area contributed by atoms with Crippen molar-refractivity contribution in [3.63, 3.8) is 0 Å². The fourth-order valence-corrected chi connectivity index (χ4v) is 3.00. The van der Waals surface area contributed by atoms with Crippen LogP contribution in [0, 0.1) is 12.8 Å². The number of aromatic nitrogens is 1. The number of rotatable bonds is 8. The number of nitrogens with one attached hydrogen (secondary N) is 1. The van der Waals surface area contributed by atoms with Gasteiger partial charge in [-0.2, -0.15) is 0 Å². The largest absolute Gasteiger partial charge is 0.467 e. The Hall–Kier alpha value is -3.35. The fourth-order valence-electron chi connectivity index (χ4n) is 3.00. The Labute approximate surface area is 168 Å². The molecule has 29 heavy (non-hydrogen) atoms. The first-order chi connectivity index (χ1) is 14.1. The van der Waals surface area contributed by atoms with Crippen LogP contribution in [0.5, 0.6) is 0 Å². The SMILES string of the molecule is Cc1ccc(C(=O)N(Cc2ccco2)Cc2cc(C(=O)NCC3CC3)no2)cc1. The van der Waals surface area contributed by atoms with E-state index in [4.69, 9.17) is 8.94 Å². The molecule has 7 nitrogen and oxygen atoms in total. The lowest BCUT2D eigenvalue weighted by molar-refractivity contribution is 0.0700. The highest BCUT2D eigenvalue weighted by atomic mass is 16.5. The molecule has 1 aliphatic carbocycles. The first-order valence-electron chi connectivity index (χ1n) is 9.70. The molecule has 0 bridgehead atoms. The Morgan fingerprint density at radius 1 is 1.14 bits per heavy atom. The molecular weight excluding hydrogens is 370 g/mol. The zero-order chi connectivity index (χ0) is 20.2. The van der Waals surface area contributed by atoms with Crippen LogP contribution in [-0.4, -0.2) is 28.4 Å². The highest BCUT2D eigenvalue weighted by molar-refractivity contribution is 5.94. The quantitative estimate of drug-likeness (QED) is 0.632. The number of carbonyl (C=O) groups excluding carboxylic acids is 2. The molecule has 4 rings (SSSR count). The molecule has 1 aliphatic rings. The van der Waals surface area contributed by atoms with E-state index in [9.17, 15) is 9.59 Å². The highest BCUT2D eigenvalue weighted by Crippen LogP contribution is 2.27. The van der Waals surface area contributed by atoms with Crippen LogP contribution in [-0.2, 0) is 13.1 Å². The van der Waals surface area contributed by atoms with Crippen LogP contribution in [0.4, 0.5) is 0 Å². The molecule has 0 saturated heterocycles. The number of hydrogen-bond acceptors (Lipinski definition) is 5. The fraction of sp³-hybridized carbons (Fsp3) is 0.318. The van der Waals surface area contributed by atoms with E-state index in [1.165, 1.54) is 0 Å². The average molecular weight is 393 g/mol. The standard InChI is InChI=1S/C22H23N3O4/c1-15-4-8-17(9-5-15)22(27)25(13-18-3-2-10-28-18)14-19-11-20(24-29-19)21(26)23-12-16-6-7-16/h2-5,8-11,16H,6-7,12-14H2,1H3,(H,23,26). The maximum Gasteiger partial charge on any atom is 0.273 e. The van der Waals surface area contributed by atoms with Crippen molar-refractivity contribution in [3.05, 3.63) is 77.1 Å². The van der Waals surface area contributed by atoms with Crippen molar-refractivity contribution in [1.82, 2.24) is 15.4 Å². The lowest BCUT2D eigenvalue weighted by Gasteiger charge is -2.20. The van der Waals surface area contributed by atoms with Crippen LogP contribution in [0.15, 0.2) is 57.7 Å². The maximum absolute atomic E-state index is 13.1. The van der Waals surface area contributed by atoms with Gasteiger partial charge in [-0.3, -0.25) is 9.59 Å². The molecule has 1 saturated carbocycles. The maximum atomic E-state index is 13.1. The van der Waals surface area contributed by atoms with Crippen molar-refractivity contribution in [2.24, 2.45) is 5.92 Å².